The summed E-state index contributed by atoms with van der Waals surface area (Å²) in [4.78, 5) is 14.3. The number of benzene rings is 1. The van der Waals surface area contributed by atoms with Gasteiger partial charge in [0.25, 0.3) is 0 Å². The predicted octanol–water partition coefficient (Wildman–Crippen LogP) is 3.01. The molecule has 0 radical (unpaired) electrons. The molecule has 1 heterocycles. The molecule has 1 aromatic rings. The first kappa shape index (κ1) is 22.9. The third-order valence-electron chi connectivity index (χ3n) is 5.71. The Hall–Kier alpha value is -1.38. The third-order valence-corrected chi connectivity index (χ3v) is 5.71. The Balaban J connectivity index is 0.00000280. The molecule has 158 valence electrons. The zero-order chi connectivity index (χ0) is 19.5. The molecule has 1 aliphatic carbocycles. The maximum atomic E-state index is 14.4. The van der Waals surface area contributed by atoms with Gasteiger partial charge >= 0.3 is 6.18 Å². The van der Waals surface area contributed by atoms with Gasteiger partial charge in [-0.15, -0.1) is 12.4 Å². The molecule has 2 fully saturated rings. The van der Waals surface area contributed by atoms with Gasteiger partial charge < -0.3 is 10.6 Å². The molecule has 1 aliphatic heterocycles. The van der Waals surface area contributed by atoms with Crippen LogP contribution in [-0.2, 0) is 10.2 Å². The van der Waals surface area contributed by atoms with Crippen molar-refractivity contribution in [2.24, 2.45) is 0 Å². The van der Waals surface area contributed by atoms with Crippen LogP contribution in [0.2, 0.25) is 0 Å². The van der Waals surface area contributed by atoms with Gasteiger partial charge in [0.05, 0.1) is 5.41 Å². The first-order valence-electron chi connectivity index (χ1n) is 9.39. The molecule has 0 spiro atoms. The normalized spacial score (nSPS) is 21.0. The fourth-order valence-corrected chi connectivity index (χ4v) is 4.25. The quantitative estimate of drug-likeness (QED) is 0.716. The molecule has 2 N–H and O–H groups in total. The van der Waals surface area contributed by atoms with Crippen LogP contribution in [0.3, 0.4) is 0 Å². The first-order valence-corrected chi connectivity index (χ1v) is 9.39. The number of carbonyl (C=O) groups excluding carboxylic acids is 1. The largest absolute Gasteiger partial charge is 0.405 e. The maximum absolute atomic E-state index is 14.4. The van der Waals surface area contributed by atoms with Crippen molar-refractivity contribution in [3.63, 3.8) is 0 Å². The van der Waals surface area contributed by atoms with Crippen molar-refractivity contribution in [2.75, 3.05) is 32.7 Å². The van der Waals surface area contributed by atoms with E-state index >= 15 is 0 Å². The summed E-state index contributed by atoms with van der Waals surface area (Å²) in [5.41, 5.74) is -0.795. The number of piperazine rings is 1. The van der Waals surface area contributed by atoms with Crippen LogP contribution in [0.5, 0.6) is 0 Å². The van der Waals surface area contributed by atoms with E-state index < -0.39 is 35.9 Å². The molecular formula is C19H26ClF4N3O. The summed E-state index contributed by atoms with van der Waals surface area (Å²) < 4.78 is 55.0. The van der Waals surface area contributed by atoms with Gasteiger partial charge in [0.15, 0.2) is 0 Å². The van der Waals surface area contributed by atoms with E-state index in [-0.39, 0.29) is 31.1 Å². The summed E-state index contributed by atoms with van der Waals surface area (Å²) in [6, 6.07) is 4.33. The van der Waals surface area contributed by atoms with Gasteiger partial charge in [-0.05, 0) is 18.9 Å². The highest BCUT2D eigenvalue weighted by Gasteiger charge is 2.47. The van der Waals surface area contributed by atoms with Gasteiger partial charge in [0.2, 0.25) is 5.91 Å². The molecule has 2 aliphatic rings. The second kappa shape index (κ2) is 9.41. The molecule has 1 unspecified atom stereocenters. The van der Waals surface area contributed by atoms with E-state index in [1.54, 1.807) is 18.2 Å². The van der Waals surface area contributed by atoms with Crippen LogP contribution in [0.4, 0.5) is 17.6 Å². The van der Waals surface area contributed by atoms with E-state index in [0.29, 0.717) is 25.9 Å². The molecule has 1 aromatic carbocycles. The van der Waals surface area contributed by atoms with E-state index in [9.17, 15) is 22.4 Å². The van der Waals surface area contributed by atoms with E-state index in [1.165, 1.54) is 11.0 Å². The zero-order valence-electron chi connectivity index (χ0n) is 15.5. The van der Waals surface area contributed by atoms with Crippen LogP contribution in [-0.4, -0.2) is 55.7 Å². The number of alkyl halides is 3. The standard InChI is InChI=1S/C19H25F4N3O.ClH/c20-15-6-2-1-5-14(15)18(7-3-4-8-18)17(27)25-13-16(19(21,22)23)26-11-9-24-10-12-26;/h1-2,5-6,16,24H,3-4,7-13H2,(H,25,27);1H. The number of carbonyl (C=O) groups is 1. The average Bonchev–Trinajstić information content (AvgIpc) is 3.13. The lowest BCUT2D eigenvalue weighted by molar-refractivity contribution is -0.184. The molecule has 0 aromatic heterocycles. The lowest BCUT2D eigenvalue weighted by atomic mass is 9.77. The Morgan fingerprint density at radius 1 is 1.18 bits per heavy atom. The fraction of sp³-hybridized carbons (Fsp3) is 0.632. The minimum absolute atomic E-state index is 0. The van der Waals surface area contributed by atoms with Gasteiger partial charge in [-0.3, -0.25) is 9.69 Å². The Kier molecular flexibility index (Phi) is 7.70. The van der Waals surface area contributed by atoms with Crippen LogP contribution < -0.4 is 10.6 Å². The summed E-state index contributed by atoms with van der Waals surface area (Å²) in [5.74, 6) is -0.987. The summed E-state index contributed by atoms with van der Waals surface area (Å²) in [5, 5.41) is 5.53. The predicted molar refractivity (Wildman–Crippen MR) is 101 cm³/mol. The monoisotopic (exact) mass is 423 g/mol. The average molecular weight is 424 g/mol. The maximum Gasteiger partial charge on any atom is 0.405 e. The van der Waals surface area contributed by atoms with Gasteiger partial charge in [0, 0.05) is 38.3 Å². The van der Waals surface area contributed by atoms with Gasteiger partial charge in [0.1, 0.15) is 11.9 Å². The highest BCUT2D eigenvalue weighted by Crippen LogP contribution is 2.42. The van der Waals surface area contributed by atoms with E-state index in [2.05, 4.69) is 10.6 Å². The number of hydrogen-bond acceptors (Lipinski definition) is 3. The number of nitrogens with zero attached hydrogens (tertiary/aromatic N) is 1. The molecule has 1 saturated heterocycles. The highest BCUT2D eigenvalue weighted by atomic mass is 35.5. The summed E-state index contributed by atoms with van der Waals surface area (Å²) in [7, 11) is 0. The Labute approximate surface area is 168 Å². The van der Waals surface area contributed by atoms with Crippen molar-refractivity contribution in [3.8, 4) is 0 Å². The van der Waals surface area contributed by atoms with Gasteiger partial charge in [-0.1, -0.05) is 31.0 Å². The van der Waals surface area contributed by atoms with Crippen molar-refractivity contribution in [3.05, 3.63) is 35.6 Å². The van der Waals surface area contributed by atoms with E-state index in [0.717, 1.165) is 12.8 Å². The van der Waals surface area contributed by atoms with Crippen molar-refractivity contribution in [1.29, 1.82) is 0 Å². The zero-order valence-corrected chi connectivity index (χ0v) is 16.3. The number of amides is 1. The summed E-state index contributed by atoms with van der Waals surface area (Å²) >= 11 is 0. The van der Waals surface area contributed by atoms with E-state index in [4.69, 9.17) is 0 Å². The molecule has 4 nitrogen and oxygen atoms in total. The molecule has 1 atom stereocenters. The number of hydrogen-bond donors (Lipinski definition) is 2. The third kappa shape index (κ3) is 4.78. The molecule has 3 rings (SSSR count). The number of halogens is 5. The van der Waals surface area contributed by atoms with Crippen LogP contribution in [0, 0.1) is 5.82 Å². The molecule has 1 saturated carbocycles. The lowest BCUT2D eigenvalue weighted by Crippen LogP contribution is -2.58. The van der Waals surface area contributed by atoms with Crippen molar-refractivity contribution in [1.82, 2.24) is 15.5 Å². The molecule has 1 amide bonds. The number of rotatable bonds is 5. The Morgan fingerprint density at radius 2 is 1.79 bits per heavy atom. The Morgan fingerprint density at radius 3 is 2.36 bits per heavy atom. The molecule has 9 heteroatoms. The molecule has 28 heavy (non-hydrogen) atoms. The summed E-state index contributed by atoms with van der Waals surface area (Å²) in [6.45, 7) is 1.01. The second-order valence-corrected chi connectivity index (χ2v) is 7.32. The smallest absolute Gasteiger partial charge is 0.353 e. The second-order valence-electron chi connectivity index (χ2n) is 7.32. The van der Waals surface area contributed by atoms with E-state index in [1.807, 2.05) is 0 Å². The first-order chi connectivity index (χ1) is 12.8. The van der Waals surface area contributed by atoms with Crippen molar-refractivity contribution >= 4 is 18.3 Å². The highest BCUT2D eigenvalue weighted by molar-refractivity contribution is 5.88. The molecular weight excluding hydrogens is 398 g/mol. The summed E-state index contributed by atoms with van der Waals surface area (Å²) in [6.07, 6.45) is -2.04. The van der Waals surface area contributed by atoms with Crippen LogP contribution >= 0.6 is 12.4 Å². The Bertz CT molecular complexity index is 659. The van der Waals surface area contributed by atoms with Crippen LogP contribution in [0.15, 0.2) is 24.3 Å². The van der Waals surface area contributed by atoms with Gasteiger partial charge in [-0.25, -0.2) is 4.39 Å². The van der Waals surface area contributed by atoms with Crippen molar-refractivity contribution < 1.29 is 22.4 Å². The minimum atomic E-state index is -4.44. The minimum Gasteiger partial charge on any atom is -0.353 e. The van der Waals surface area contributed by atoms with Gasteiger partial charge in [-0.2, -0.15) is 13.2 Å². The van der Waals surface area contributed by atoms with Crippen LogP contribution in [0.25, 0.3) is 0 Å². The topological polar surface area (TPSA) is 44.4 Å². The van der Waals surface area contributed by atoms with Crippen LogP contribution in [0.1, 0.15) is 31.2 Å². The lowest BCUT2D eigenvalue weighted by Gasteiger charge is -2.37. The molecule has 0 bridgehead atoms. The fourth-order valence-electron chi connectivity index (χ4n) is 4.25. The number of nitrogens with one attached hydrogen (secondary N) is 2. The SMILES string of the molecule is Cl.O=C(NCC(N1CCNCC1)C(F)(F)F)C1(c2ccccc2F)CCCC1. The van der Waals surface area contributed by atoms with Crippen molar-refractivity contribution in [2.45, 2.75) is 43.3 Å².